The molecule has 0 fully saturated rings. The van der Waals surface area contributed by atoms with E-state index in [2.05, 4.69) is 46.5 Å². The van der Waals surface area contributed by atoms with Crippen molar-refractivity contribution in [1.82, 2.24) is 0 Å². The number of hydrogen-bond acceptors (Lipinski definition) is 11. The van der Waals surface area contributed by atoms with Crippen LogP contribution in [0.25, 0.3) is 21.5 Å². The molecule has 0 aromatic heterocycles. The molecule has 0 saturated heterocycles. The van der Waals surface area contributed by atoms with E-state index in [1.54, 1.807) is 12.1 Å². The van der Waals surface area contributed by atoms with Crippen LogP contribution in [0.15, 0.2) is 119 Å². The molecule has 0 spiro atoms. The third-order valence-corrected chi connectivity index (χ3v) is 14.1. The van der Waals surface area contributed by atoms with Crippen LogP contribution in [-0.2, 0) is 50.6 Å². The van der Waals surface area contributed by atoms with Crippen molar-refractivity contribution in [2.24, 2.45) is 0 Å². The molecule has 0 radical (unpaired) electrons. The summed E-state index contributed by atoms with van der Waals surface area (Å²) in [6.07, 6.45) is 15.1. The molecule has 14 nitrogen and oxygen atoms in total. The maximum Gasteiger partial charge on any atom is 0.294 e. The molecule has 326 valence electrons. The van der Waals surface area contributed by atoms with Crippen molar-refractivity contribution in [1.29, 1.82) is 0 Å². The van der Waals surface area contributed by atoms with E-state index in [4.69, 9.17) is 5.26 Å². The molecule has 2 aliphatic heterocycles. The Bertz CT molecular complexity index is 2840. The van der Waals surface area contributed by atoms with Gasteiger partial charge in [-0.3, -0.25) is 13.7 Å². The lowest BCUT2D eigenvalue weighted by molar-refractivity contribution is -0.438. The van der Waals surface area contributed by atoms with Gasteiger partial charge in [0.25, 0.3) is 30.4 Å². The maximum atomic E-state index is 11.9. The number of rotatable bonds is 18. The third-order valence-electron chi connectivity index (χ3n) is 11.1. The van der Waals surface area contributed by atoms with Gasteiger partial charge in [0.05, 0.1) is 33.9 Å². The zero-order chi connectivity index (χ0) is 44.4. The largest absolute Gasteiger partial charge is 0.344 e. The maximum absolute atomic E-state index is 11.9. The van der Waals surface area contributed by atoms with E-state index in [0.717, 1.165) is 67.0 Å². The molecule has 61 heavy (non-hydrogen) atoms. The Morgan fingerprint density at radius 3 is 2.02 bits per heavy atom. The second-order valence-electron chi connectivity index (χ2n) is 16.0. The lowest BCUT2D eigenvalue weighted by Crippen LogP contribution is -2.28. The molecule has 0 unspecified atom stereocenters. The molecule has 0 saturated carbocycles. The summed E-state index contributed by atoms with van der Waals surface area (Å²) >= 11 is 0.877. The standard InChI is InChI=1S/C43H48N2O12S4/c1-42(2)38(44(24-10-12-26-59(47,48)49)36-22-16-30-28-32(58-57-56-46)18-20-34(30)40(36)42)14-8-6-5-7-9-15-39-43(3,4)41-35-21-19-33(61(53,54)55)29-31(35)17-23-37(41)45(39)25-11-13-27-60(50,51)52/h5-9,14-23,28-29H,10-13,24-27H2,1-4H3,(H3-,46,47,48,49,50,51,52,53,54,55)/p+1. The van der Waals surface area contributed by atoms with E-state index in [9.17, 15) is 38.9 Å². The van der Waals surface area contributed by atoms with Gasteiger partial charge in [-0.05, 0) is 103 Å². The van der Waals surface area contributed by atoms with Crippen molar-refractivity contribution >= 4 is 81.0 Å². The van der Waals surface area contributed by atoms with Gasteiger partial charge in [0, 0.05) is 52.4 Å². The molecule has 18 heteroatoms. The summed E-state index contributed by atoms with van der Waals surface area (Å²) in [6, 6.07) is 18.0. The smallest absolute Gasteiger partial charge is 0.294 e. The molecule has 4 N–H and O–H groups in total. The Kier molecular flexibility index (Phi) is 13.9. The van der Waals surface area contributed by atoms with Crippen LogP contribution in [0.4, 0.5) is 11.4 Å². The first-order chi connectivity index (χ1) is 28.6. The van der Waals surface area contributed by atoms with Crippen LogP contribution in [0.3, 0.4) is 0 Å². The van der Waals surface area contributed by atoms with Gasteiger partial charge < -0.3 is 4.90 Å². The average molecular weight is 914 g/mol. The predicted molar refractivity (Wildman–Crippen MR) is 238 cm³/mol. The minimum atomic E-state index is -4.41. The van der Waals surface area contributed by atoms with Crippen molar-refractivity contribution in [3.63, 3.8) is 0 Å². The summed E-state index contributed by atoms with van der Waals surface area (Å²) in [5, 5.41) is 15.8. The number of nitrogens with zero attached hydrogens (tertiary/aromatic N) is 2. The van der Waals surface area contributed by atoms with Crippen LogP contribution in [0.1, 0.15) is 64.5 Å². The minimum Gasteiger partial charge on any atom is -0.344 e. The van der Waals surface area contributed by atoms with Crippen molar-refractivity contribution in [2.75, 3.05) is 29.5 Å². The van der Waals surface area contributed by atoms with Gasteiger partial charge >= 0.3 is 0 Å². The van der Waals surface area contributed by atoms with Crippen LogP contribution in [0.2, 0.25) is 0 Å². The number of benzene rings is 4. The van der Waals surface area contributed by atoms with E-state index in [-0.39, 0.29) is 22.8 Å². The molecule has 0 bridgehead atoms. The van der Waals surface area contributed by atoms with Gasteiger partial charge in [0.15, 0.2) is 5.71 Å². The van der Waals surface area contributed by atoms with Crippen LogP contribution in [0, 0.1) is 0 Å². The topological polar surface area (TPSA) is 208 Å². The Morgan fingerprint density at radius 2 is 1.33 bits per heavy atom. The number of hydrogen-bond donors (Lipinski definition) is 4. The highest BCUT2D eigenvalue weighted by atomic mass is 32.2. The molecular weight excluding hydrogens is 865 g/mol. The zero-order valence-electron chi connectivity index (χ0n) is 34.1. The highest BCUT2D eigenvalue weighted by Gasteiger charge is 2.45. The van der Waals surface area contributed by atoms with E-state index in [1.807, 2.05) is 78.9 Å². The molecule has 0 atom stereocenters. The van der Waals surface area contributed by atoms with Crippen LogP contribution in [0.5, 0.6) is 0 Å². The zero-order valence-corrected chi connectivity index (χ0v) is 37.3. The second-order valence-corrected chi connectivity index (χ2v) is 21.3. The van der Waals surface area contributed by atoms with Crippen LogP contribution in [-0.4, -0.2) is 79.1 Å². The molecule has 2 aliphatic rings. The van der Waals surface area contributed by atoms with Gasteiger partial charge in [-0.1, -0.05) is 67.5 Å². The van der Waals surface area contributed by atoms with Crippen molar-refractivity contribution in [3.05, 3.63) is 120 Å². The van der Waals surface area contributed by atoms with Gasteiger partial charge in [-0.25, -0.2) is 5.26 Å². The molecule has 4 aromatic carbocycles. The lowest BCUT2D eigenvalue weighted by Gasteiger charge is -2.27. The van der Waals surface area contributed by atoms with E-state index in [1.165, 1.54) is 12.1 Å². The van der Waals surface area contributed by atoms with Gasteiger partial charge in [-0.15, -0.1) is 4.33 Å². The fourth-order valence-electron chi connectivity index (χ4n) is 8.49. The minimum absolute atomic E-state index is 0.204. The molecular formula is C43H49N2O12S4+. The van der Waals surface area contributed by atoms with Crippen LogP contribution < -0.4 is 4.90 Å². The summed E-state index contributed by atoms with van der Waals surface area (Å²) in [5.74, 6) is -0.678. The first-order valence-corrected chi connectivity index (χ1v) is 24.9. The van der Waals surface area contributed by atoms with Crippen molar-refractivity contribution in [2.45, 2.75) is 74.0 Å². The average Bonchev–Trinajstić information content (AvgIpc) is 3.53. The second kappa shape index (κ2) is 18.3. The predicted octanol–water partition coefficient (Wildman–Crippen LogP) is 8.73. The fourth-order valence-corrected chi connectivity index (χ4v) is 10.5. The first-order valence-electron chi connectivity index (χ1n) is 19.5. The number of unbranched alkanes of at least 4 members (excludes halogenated alkanes) is 2. The monoisotopic (exact) mass is 913 g/mol. The SMILES string of the molecule is CC1(C)C(/C=C/C=C/C=C/C=C2\N(CCCCS(=O)(=O)O)c3ccc4cc(SOOO)ccc4c3C2(C)C)=[N+](CCCCS(=O)(=O)O)c2ccc3cc(S(=O)(=O)O)ccc3c21. The number of allylic oxidation sites excluding steroid dienone is 8. The molecule has 0 aliphatic carbocycles. The quantitative estimate of drug-likeness (QED) is 0.0140. The molecule has 4 aromatic rings. The van der Waals surface area contributed by atoms with E-state index >= 15 is 0 Å². The number of fused-ring (bicyclic) bond motifs is 6. The summed E-state index contributed by atoms with van der Waals surface area (Å²) in [7, 11) is -12.6. The van der Waals surface area contributed by atoms with Gasteiger partial charge in [0.1, 0.15) is 6.54 Å². The normalized spacial score (nSPS) is 17.3. The van der Waals surface area contributed by atoms with Gasteiger partial charge in [0.2, 0.25) is 5.69 Å². The Balaban J connectivity index is 1.28. The van der Waals surface area contributed by atoms with Crippen LogP contribution >= 0.6 is 12.0 Å². The molecule has 0 amide bonds. The van der Waals surface area contributed by atoms with E-state index in [0.29, 0.717) is 37.7 Å². The summed E-state index contributed by atoms with van der Waals surface area (Å²) < 4.78 is 105. The van der Waals surface area contributed by atoms with Gasteiger partial charge in [-0.2, -0.15) is 29.8 Å². The van der Waals surface area contributed by atoms with E-state index < -0.39 is 41.2 Å². The first kappa shape index (κ1) is 46.3. The highest BCUT2D eigenvalue weighted by Crippen LogP contribution is 2.51. The van der Waals surface area contributed by atoms with Crippen molar-refractivity contribution in [3.8, 4) is 0 Å². The Labute approximate surface area is 360 Å². The molecule has 2 heterocycles. The Morgan fingerprint density at radius 1 is 0.705 bits per heavy atom. The highest BCUT2D eigenvalue weighted by molar-refractivity contribution is 7.94. The summed E-state index contributed by atoms with van der Waals surface area (Å²) in [6.45, 7) is 9.38. The lowest BCUT2D eigenvalue weighted by atomic mass is 9.79. The fraction of sp³-hybridized carbons (Fsp3) is 0.326. The van der Waals surface area contributed by atoms with Crippen molar-refractivity contribution < 1.29 is 58.1 Å². The summed E-state index contributed by atoms with van der Waals surface area (Å²) in [4.78, 5) is 2.71. The number of anilines is 1. The Hall–Kier alpha value is -4.21. The summed E-state index contributed by atoms with van der Waals surface area (Å²) in [5.41, 5.74) is 4.83. The molecule has 6 rings (SSSR count). The third kappa shape index (κ3) is 10.5.